The third kappa shape index (κ3) is 4.14. The molecule has 0 bridgehead atoms. The number of ether oxygens (including phenoxy) is 1. The first-order valence-electron chi connectivity index (χ1n) is 7.86. The summed E-state index contributed by atoms with van der Waals surface area (Å²) in [5.41, 5.74) is 0.283. The van der Waals surface area contributed by atoms with Gasteiger partial charge in [-0.1, -0.05) is 24.3 Å². The molecular formula is C18H14F2N4O3. The van der Waals surface area contributed by atoms with Gasteiger partial charge in [-0.05, 0) is 31.2 Å². The summed E-state index contributed by atoms with van der Waals surface area (Å²) in [6, 6.07) is 12.1. The predicted octanol–water partition coefficient (Wildman–Crippen LogP) is 2.65. The van der Waals surface area contributed by atoms with Gasteiger partial charge in [0.15, 0.2) is 12.3 Å². The van der Waals surface area contributed by atoms with Gasteiger partial charge in [-0.25, -0.2) is 13.6 Å². The Morgan fingerprint density at radius 3 is 2.37 bits per heavy atom. The maximum Gasteiger partial charge on any atom is 0.361 e. The Kier molecular flexibility index (Phi) is 5.20. The zero-order chi connectivity index (χ0) is 19.4. The zero-order valence-electron chi connectivity index (χ0n) is 14.1. The molecule has 1 amide bonds. The molecule has 1 N–H and O–H groups in total. The highest BCUT2D eigenvalue weighted by Crippen LogP contribution is 2.17. The SMILES string of the molecule is Cc1nn(-c2ccccc2)nc1C(=O)OCC(=O)Nc1c(F)cccc1F. The van der Waals surface area contributed by atoms with E-state index < -0.39 is 35.8 Å². The van der Waals surface area contributed by atoms with Crippen LogP contribution in [0.25, 0.3) is 5.69 Å². The number of esters is 1. The molecule has 138 valence electrons. The summed E-state index contributed by atoms with van der Waals surface area (Å²) in [7, 11) is 0. The van der Waals surface area contributed by atoms with Crippen molar-refractivity contribution in [1.29, 1.82) is 0 Å². The summed E-state index contributed by atoms with van der Waals surface area (Å²) in [4.78, 5) is 25.2. The molecule has 0 fully saturated rings. The van der Waals surface area contributed by atoms with Crippen molar-refractivity contribution in [3.8, 4) is 5.69 Å². The van der Waals surface area contributed by atoms with E-state index in [1.54, 1.807) is 31.2 Å². The van der Waals surface area contributed by atoms with Crippen molar-refractivity contribution in [2.75, 3.05) is 11.9 Å². The highest BCUT2D eigenvalue weighted by Gasteiger charge is 2.20. The molecule has 0 saturated heterocycles. The first-order valence-corrected chi connectivity index (χ1v) is 7.86. The van der Waals surface area contributed by atoms with E-state index in [0.717, 1.165) is 12.1 Å². The van der Waals surface area contributed by atoms with Crippen molar-refractivity contribution in [3.63, 3.8) is 0 Å². The molecule has 0 spiro atoms. The maximum atomic E-state index is 13.5. The van der Waals surface area contributed by atoms with Crippen LogP contribution < -0.4 is 5.32 Å². The molecule has 27 heavy (non-hydrogen) atoms. The number of nitrogens with zero attached hydrogens (tertiary/aromatic N) is 3. The fraction of sp³-hybridized carbons (Fsp3) is 0.111. The van der Waals surface area contributed by atoms with E-state index in [-0.39, 0.29) is 5.69 Å². The second kappa shape index (κ2) is 7.73. The summed E-state index contributed by atoms with van der Waals surface area (Å²) in [5.74, 6) is -3.63. The number of carbonyl (C=O) groups is 2. The van der Waals surface area contributed by atoms with Gasteiger partial charge >= 0.3 is 5.97 Å². The number of nitrogens with one attached hydrogen (secondary N) is 1. The van der Waals surface area contributed by atoms with Gasteiger partial charge in [-0.15, -0.1) is 5.10 Å². The molecule has 0 aliphatic carbocycles. The highest BCUT2D eigenvalue weighted by atomic mass is 19.1. The van der Waals surface area contributed by atoms with Crippen LogP contribution in [0.15, 0.2) is 48.5 Å². The first kappa shape index (κ1) is 18.2. The van der Waals surface area contributed by atoms with Crippen LogP contribution in [0.1, 0.15) is 16.2 Å². The summed E-state index contributed by atoms with van der Waals surface area (Å²) in [5, 5.41) is 10.2. The van der Waals surface area contributed by atoms with Gasteiger partial charge in [0.25, 0.3) is 5.91 Å². The Labute approximate surface area is 152 Å². The van der Waals surface area contributed by atoms with Gasteiger partial charge in [0.05, 0.1) is 11.4 Å². The number of rotatable bonds is 5. The standard InChI is InChI=1S/C18H14F2N4O3/c1-11-16(23-24(22-11)12-6-3-2-4-7-12)18(26)27-10-15(25)21-17-13(19)8-5-9-14(17)20/h2-9H,10H2,1H3,(H,21,25). The Morgan fingerprint density at radius 1 is 1.04 bits per heavy atom. The van der Waals surface area contributed by atoms with E-state index in [2.05, 4.69) is 10.2 Å². The van der Waals surface area contributed by atoms with Crippen molar-refractivity contribution in [1.82, 2.24) is 15.0 Å². The molecule has 0 saturated carbocycles. The van der Waals surface area contributed by atoms with Gasteiger partial charge in [-0.2, -0.15) is 9.90 Å². The fourth-order valence-electron chi connectivity index (χ4n) is 2.24. The summed E-state index contributed by atoms with van der Waals surface area (Å²) < 4.78 is 31.9. The van der Waals surface area contributed by atoms with E-state index in [9.17, 15) is 18.4 Å². The topological polar surface area (TPSA) is 86.1 Å². The molecule has 0 radical (unpaired) electrons. The third-order valence-electron chi connectivity index (χ3n) is 3.52. The largest absolute Gasteiger partial charge is 0.451 e. The Bertz CT molecular complexity index is 969. The Morgan fingerprint density at radius 2 is 1.70 bits per heavy atom. The fourth-order valence-corrected chi connectivity index (χ4v) is 2.24. The van der Waals surface area contributed by atoms with E-state index in [4.69, 9.17) is 4.74 Å². The van der Waals surface area contributed by atoms with Gasteiger partial charge in [-0.3, -0.25) is 4.79 Å². The van der Waals surface area contributed by atoms with Crippen LogP contribution in [0.5, 0.6) is 0 Å². The number of carbonyl (C=O) groups excluding carboxylic acids is 2. The lowest BCUT2D eigenvalue weighted by Crippen LogP contribution is -2.22. The number of hydrogen-bond donors (Lipinski definition) is 1. The molecule has 7 nitrogen and oxygen atoms in total. The molecule has 9 heteroatoms. The molecule has 0 aliphatic heterocycles. The number of para-hydroxylation sites is 2. The van der Waals surface area contributed by atoms with Crippen LogP contribution >= 0.6 is 0 Å². The number of anilines is 1. The molecule has 1 aromatic heterocycles. The van der Waals surface area contributed by atoms with Gasteiger partial charge in [0.2, 0.25) is 0 Å². The quantitative estimate of drug-likeness (QED) is 0.696. The summed E-state index contributed by atoms with van der Waals surface area (Å²) in [6.45, 7) is 0.835. The second-order valence-corrected chi connectivity index (χ2v) is 5.48. The molecule has 2 aromatic carbocycles. The monoisotopic (exact) mass is 372 g/mol. The molecule has 0 unspecified atom stereocenters. The van der Waals surface area contributed by atoms with Crippen LogP contribution in [0.3, 0.4) is 0 Å². The van der Waals surface area contributed by atoms with Gasteiger partial charge in [0.1, 0.15) is 17.3 Å². The Hall–Kier alpha value is -3.62. The average molecular weight is 372 g/mol. The highest BCUT2D eigenvalue weighted by molar-refractivity contribution is 5.95. The van der Waals surface area contributed by atoms with Crippen LogP contribution in [0.4, 0.5) is 14.5 Å². The van der Waals surface area contributed by atoms with E-state index >= 15 is 0 Å². The van der Waals surface area contributed by atoms with Crippen LogP contribution in [-0.4, -0.2) is 33.5 Å². The van der Waals surface area contributed by atoms with Crippen LogP contribution in [0.2, 0.25) is 0 Å². The van der Waals surface area contributed by atoms with Gasteiger partial charge in [0, 0.05) is 0 Å². The second-order valence-electron chi connectivity index (χ2n) is 5.48. The molecular weight excluding hydrogens is 358 g/mol. The van der Waals surface area contributed by atoms with Crippen molar-refractivity contribution >= 4 is 17.6 Å². The first-order chi connectivity index (χ1) is 13.0. The van der Waals surface area contributed by atoms with E-state index in [1.165, 1.54) is 10.9 Å². The number of aromatic nitrogens is 3. The molecule has 3 aromatic rings. The number of aryl methyl sites for hydroxylation is 1. The van der Waals surface area contributed by atoms with Crippen molar-refractivity contribution < 1.29 is 23.1 Å². The summed E-state index contributed by atoms with van der Waals surface area (Å²) in [6.07, 6.45) is 0. The van der Waals surface area contributed by atoms with Crippen molar-refractivity contribution in [2.24, 2.45) is 0 Å². The minimum absolute atomic E-state index is 0.0660. The number of benzene rings is 2. The van der Waals surface area contributed by atoms with Crippen molar-refractivity contribution in [3.05, 3.63) is 71.6 Å². The lowest BCUT2D eigenvalue weighted by molar-refractivity contribution is -0.119. The lowest BCUT2D eigenvalue weighted by atomic mass is 10.3. The minimum Gasteiger partial charge on any atom is -0.451 e. The molecule has 3 rings (SSSR count). The third-order valence-corrected chi connectivity index (χ3v) is 3.52. The minimum atomic E-state index is -0.934. The average Bonchev–Trinajstić information content (AvgIpc) is 3.05. The number of hydrogen-bond acceptors (Lipinski definition) is 5. The smallest absolute Gasteiger partial charge is 0.361 e. The maximum absolute atomic E-state index is 13.5. The molecule has 1 heterocycles. The Balaban J connectivity index is 1.64. The normalized spacial score (nSPS) is 10.5. The van der Waals surface area contributed by atoms with Crippen LogP contribution in [-0.2, 0) is 9.53 Å². The molecule has 0 aliphatic rings. The van der Waals surface area contributed by atoms with E-state index in [0.29, 0.717) is 11.4 Å². The van der Waals surface area contributed by atoms with E-state index in [1.807, 2.05) is 11.4 Å². The lowest BCUT2D eigenvalue weighted by Gasteiger charge is -2.07. The van der Waals surface area contributed by atoms with Gasteiger partial charge < -0.3 is 10.1 Å². The number of amides is 1. The van der Waals surface area contributed by atoms with Crippen molar-refractivity contribution in [2.45, 2.75) is 6.92 Å². The number of halogens is 2. The summed E-state index contributed by atoms with van der Waals surface area (Å²) >= 11 is 0. The predicted molar refractivity (Wildman–Crippen MR) is 91.4 cm³/mol. The molecule has 0 atom stereocenters. The zero-order valence-corrected chi connectivity index (χ0v) is 14.1. The van der Waals surface area contributed by atoms with Crippen LogP contribution in [0, 0.1) is 18.6 Å².